The Labute approximate surface area is 127 Å². The number of carbonyl (C=O) groups excluding carboxylic acids is 2. The Balaban J connectivity index is 1.50. The highest BCUT2D eigenvalue weighted by Crippen LogP contribution is 2.45. The molecule has 3 rings (SSSR count). The smallest absolute Gasteiger partial charge is 0.229 e. The minimum Gasteiger partial charge on any atom is -0.303 e. The third-order valence-corrected chi connectivity index (χ3v) is 5.62. The van der Waals surface area contributed by atoms with Gasteiger partial charge in [0, 0.05) is 19.4 Å². The zero-order chi connectivity index (χ0) is 14.7. The van der Waals surface area contributed by atoms with E-state index in [0.717, 1.165) is 25.8 Å². The summed E-state index contributed by atoms with van der Waals surface area (Å²) in [5, 5.41) is 0. The number of piperidine rings is 1. The molecule has 0 aromatic rings. The molecule has 0 atom stereocenters. The van der Waals surface area contributed by atoms with Crippen molar-refractivity contribution >= 4 is 11.8 Å². The molecule has 0 N–H and O–H groups in total. The van der Waals surface area contributed by atoms with Crippen LogP contribution in [-0.4, -0.2) is 47.8 Å². The second kappa shape index (κ2) is 6.47. The molecule has 0 bridgehead atoms. The van der Waals surface area contributed by atoms with E-state index >= 15 is 0 Å². The van der Waals surface area contributed by atoms with Crippen LogP contribution < -0.4 is 0 Å². The van der Waals surface area contributed by atoms with E-state index in [1.165, 1.54) is 45.2 Å². The summed E-state index contributed by atoms with van der Waals surface area (Å²) in [5.74, 6) is 0.184. The van der Waals surface area contributed by atoms with Crippen LogP contribution in [0, 0.1) is 5.41 Å². The predicted octanol–water partition coefficient (Wildman–Crippen LogP) is 2.57. The molecular formula is C17H28N2O2. The number of rotatable bonds is 4. The maximum atomic E-state index is 12.4. The first-order valence-electron chi connectivity index (χ1n) is 8.74. The van der Waals surface area contributed by atoms with Crippen LogP contribution >= 0.6 is 0 Å². The van der Waals surface area contributed by atoms with Gasteiger partial charge >= 0.3 is 0 Å². The Bertz CT molecular complexity index is 376. The number of carbonyl (C=O) groups is 2. The molecule has 4 heteroatoms. The minimum atomic E-state index is 0.0257. The first-order chi connectivity index (χ1) is 10.2. The third kappa shape index (κ3) is 3.47. The van der Waals surface area contributed by atoms with E-state index in [1.54, 1.807) is 4.90 Å². The lowest BCUT2D eigenvalue weighted by Crippen LogP contribution is -2.49. The monoisotopic (exact) mass is 292 g/mol. The van der Waals surface area contributed by atoms with Gasteiger partial charge in [-0.3, -0.25) is 14.5 Å². The Morgan fingerprint density at radius 2 is 1.43 bits per heavy atom. The number of hydrogen-bond acceptors (Lipinski definition) is 3. The van der Waals surface area contributed by atoms with Gasteiger partial charge in [0.2, 0.25) is 11.8 Å². The molecule has 0 unspecified atom stereocenters. The zero-order valence-electron chi connectivity index (χ0n) is 13.1. The number of amides is 2. The second-order valence-corrected chi connectivity index (χ2v) is 7.26. The van der Waals surface area contributed by atoms with Gasteiger partial charge in [0.1, 0.15) is 0 Å². The molecule has 2 saturated heterocycles. The van der Waals surface area contributed by atoms with Crippen LogP contribution in [0.25, 0.3) is 0 Å². The van der Waals surface area contributed by atoms with E-state index in [2.05, 4.69) is 4.90 Å². The van der Waals surface area contributed by atoms with Gasteiger partial charge in [-0.25, -0.2) is 0 Å². The van der Waals surface area contributed by atoms with E-state index in [4.69, 9.17) is 0 Å². The fraction of sp³-hybridized carbons (Fsp3) is 0.882. The first-order valence-corrected chi connectivity index (χ1v) is 8.74. The minimum absolute atomic E-state index is 0.0257. The van der Waals surface area contributed by atoms with E-state index in [0.29, 0.717) is 19.4 Å². The Morgan fingerprint density at radius 3 is 2.05 bits per heavy atom. The van der Waals surface area contributed by atoms with Crippen molar-refractivity contribution in [1.29, 1.82) is 0 Å². The van der Waals surface area contributed by atoms with Gasteiger partial charge in [-0.15, -0.1) is 0 Å². The summed E-state index contributed by atoms with van der Waals surface area (Å²) >= 11 is 0. The third-order valence-electron chi connectivity index (χ3n) is 5.62. The van der Waals surface area contributed by atoms with Gasteiger partial charge in [0.05, 0.1) is 0 Å². The quantitative estimate of drug-likeness (QED) is 0.748. The fourth-order valence-corrected chi connectivity index (χ4v) is 4.40. The van der Waals surface area contributed by atoms with Crippen molar-refractivity contribution in [3.63, 3.8) is 0 Å². The summed E-state index contributed by atoms with van der Waals surface area (Å²) in [4.78, 5) is 28.8. The van der Waals surface area contributed by atoms with E-state index in [9.17, 15) is 9.59 Å². The number of nitrogens with zero attached hydrogens (tertiary/aromatic N) is 2. The van der Waals surface area contributed by atoms with Crippen molar-refractivity contribution in [3.05, 3.63) is 0 Å². The summed E-state index contributed by atoms with van der Waals surface area (Å²) in [5.41, 5.74) is 0.0257. The van der Waals surface area contributed by atoms with Crippen molar-refractivity contribution < 1.29 is 9.59 Å². The number of imide groups is 1. The Morgan fingerprint density at radius 1 is 0.810 bits per heavy atom. The first kappa shape index (κ1) is 15.0. The molecule has 0 aromatic heterocycles. The molecule has 2 amide bonds. The van der Waals surface area contributed by atoms with Crippen molar-refractivity contribution in [1.82, 2.24) is 9.80 Å². The van der Waals surface area contributed by atoms with Crippen LogP contribution in [0.3, 0.4) is 0 Å². The maximum absolute atomic E-state index is 12.4. The molecule has 0 radical (unpaired) electrons. The molecular weight excluding hydrogens is 264 g/mol. The summed E-state index contributed by atoms with van der Waals surface area (Å²) in [6.45, 7) is 4.03. The van der Waals surface area contributed by atoms with Gasteiger partial charge in [0.15, 0.2) is 0 Å². The normalized spacial score (nSPS) is 26.8. The lowest BCUT2D eigenvalue weighted by molar-refractivity contribution is -0.154. The standard InChI is InChI=1S/C17H28N2O2/c20-15-13-17(7-2-1-3-8-17)14-16(21)19(15)12-6-11-18-9-4-5-10-18/h1-14H2. The molecule has 1 spiro atoms. The van der Waals surface area contributed by atoms with E-state index in [-0.39, 0.29) is 17.2 Å². The highest BCUT2D eigenvalue weighted by Gasteiger charge is 2.43. The molecule has 118 valence electrons. The van der Waals surface area contributed by atoms with Crippen LogP contribution in [-0.2, 0) is 9.59 Å². The van der Waals surface area contributed by atoms with Gasteiger partial charge < -0.3 is 4.90 Å². The van der Waals surface area contributed by atoms with Gasteiger partial charge in [-0.2, -0.15) is 0 Å². The Hall–Kier alpha value is -0.900. The number of likely N-dealkylation sites (tertiary alicyclic amines) is 2. The predicted molar refractivity (Wildman–Crippen MR) is 81.8 cm³/mol. The average molecular weight is 292 g/mol. The fourth-order valence-electron chi connectivity index (χ4n) is 4.40. The van der Waals surface area contributed by atoms with Crippen LogP contribution in [0.1, 0.15) is 64.2 Å². The molecule has 0 aromatic carbocycles. The molecule has 2 aliphatic heterocycles. The van der Waals surface area contributed by atoms with E-state index in [1.807, 2.05) is 0 Å². The second-order valence-electron chi connectivity index (χ2n) is 7.26. The van der Waals surface area contributed by atoms with Gasteiger partial charge in [0.25, 0.3) is 0 Å². The Kier molecular flexibility index (Phi) is 4.63. The lowest BCUT2D eigenvalue weighted by Gasteiger charge is -2.42. The topological polar surface area (TPSA) is 40.6 Å². The average Bonchev–Trinajstić information content (AvgIpc) is 2.96. The summed E-state index contributed by atoms with van der Waals surface area (Å²) < 4.78 is 0. The van der Waals surface area contributed by atoms with Gasteiger partial charge in [-0.05, 0) is 57.2 Å². The highest BCUT2D eigenvalue weighted by molar-refractivity contribution is 5.98. The maximum Gasteiger partial charge on any atom is 0.229 e. The molecule has 3 fully saturated rings. The summed E-state index contributed by atoms with van der Waals surface area (Å²) in [6, 6.07) is 0. The highest BCUT2D eigenvalue weighted by atomic mass is 16.2. The number of hydrogen-bond donors (Lipinski definition) is 0. The van der Waals surface area contributed by atoms with Crippen molar-refractivity contribution in [2.75, 3.05) is 26.2 Å². The van der Waals surface area contributed by atoms with Crippen molar-refractivity contribution in [2.45, 2.75) is 64.2 Å². The zero-order valence-corrected chi connectivity index (χ0v) is 13.1. The molecule has 1 saturated carbocycles. The summed E-state index contributed by atoms with van der Waals surface area (Å²) in [6.07, 6.45) is 10.6. The van der Waals surface area contributed by atoms with Crippen molar-refractivity contribution in [3.8, 4) is 0 Å². The molecule has 21 heavy (non-hydrogen) atoms. The van der Waals surface area contributed by atoms with Crippen LogP contribution in [0.2, 0.25) is 0 Å². The van der Waals surface area contributed by atoms with Crippen LogP contribution in [0.4, 0.5) is 0 Å². The van der Waals surface area contributed by atoms with Gasteiger partial charge in [-0.1, -0.05) is 19.3 Å². The van der Waals surface area contributed by atoms with E-state index < -0.39 is 0 Å². The van der Waals surface area contributed by atoms with Crippen LogP contribution in [0.15, 0.2) is 0 Å². The largest absolute Gasteiger partial charge is 0.303 e. The molecule has 2 heterocycles. The SMILES string of the molecule is O=C1CC2(CCCCC2)CC(=O)N1CCCN1CCCC1. The molecule has 3 aliphatic rings. The lowest BCUT2D eigenvalue weighted by atomic mass is 9.67. The molecule has 1 aliphatic carbocycles. The summed E-state index contributed by atoms with van der Waals surface area (Å²) in [7, 11) is 0. The van der Waals surface area contributed by atoms with Crippen molar-refractivity contribution in [2.24, 2.45) is 5.41 Å². The molecule has 4 nitrogen and oxygen atoms in total. The van der Waals surface area contributed by atoms with Crippen LogP contribution in [0.5, 0.6) is 0 Å².